The van der Waals surface area contributed by atoms with Crippen LogP contribution in [0.15, 0.2) is 30.7 Å². The number of amides is 2. The summed E-state index contributed by atoms with van der Waals surface area (Å²) in [5.74, 6) is 1.39. The fourth-order valence-electron chi connectivity index (χ4n) is 3.77. The number of carbonyl (C=O) groups is 1. The number of piperazine rings is 1. The van der Waals surface area contributed by atoms with Crippen LogP contribution in [0, 0.1) is 0 Å². The van der Waals surface area contributed by atoms with Gasteiger partial charge in [-0.05, 0) is 26.0 Å². The Morgan fingerprint density at radius 3 is 2.79 bits per heavy atom. The summed E-state index contributed by atoms with van der Waals surface area (Å²) in [5, 5.41) is 0.927. The van der Waals surface area contributed by atoms with Crippen molar-refractivity contribution in [2.75, 3.05) is 31.6 Å². The van der Waals surface area contributed by atoms with Crippen LogP contribution in [0.5, 0.6) is 5.88 Å². The topological polar surface area (TPSA) is 113 Å². The summed E-state index contributed by atoms with van der Waals surface area (Å²) >= 11 is 0. The number of urea groups is 1. The Bertz CT molecular complexity index is 1030. The van der Waals surface area contributed by atoms with Crippen LogP contribution in [-0.2, 0) is 0 Å². The van der Waals surface area contributed by atoms with Gasteiger partial charge in [0.05, 0.1) is 18.0 Å². The maximum absolute atomic E-state index is 11.7. The first kappa shape index (κ1) is 18.0. The smallest absolute Gasteiger partial charge is 0.315 e. The molecule has 1 aliphatic heterocycles. The average Bonchev–Trinajstić information content (AvgIpc) is 3.11. The van der Waals surface area contributed by atoms with E-state index in [9.17, 15) is 4.79 Å². The number of nitrogens with two attached hydrogens (primary N) is 1. The number of nitrogens with one attached hydrogen (secondary N) is 1. The summed E-state index contributed by atoms with van der Waals surface area (Å²) in [7, 11) is 1.59. The molecule has 1 saturated heterocycles. The quantitative estimate of drug-likeness (QED) is 0.717. The minimum Gasteiger partial charge on any atom is -0.481 e. The Labute approximate surface area is 162 Å². The SMILES string of the molecule is COc1cc(-c2cc3c(N4CCN(C(N)=O)C(C)(C)C4)ncnc3[nH]2)ccn1. The van der Waals surface area contributed by atoms with Crippen LogP contribution in [0.2, 0.25) is 0 Å². The molecule has 0 spiro atoms. The van der Waals surface area contributed by atoms with E-state index in [-0.39, 0.29) is 5.54 Å². The molecule has 4 heterocycles. The van der Waals surface area contributed by atoms with Gasteiger partial charge in [0.25, 0.3) is 0 Å². The number of hydrogen-bond acceptors (Lipinski definition) is 6. The lowest BCUT2D eigenvalue weighted by molar-refractivity contribution is 0.131. The fraction of sp³-hybridized carbons (Fsp3) is 0.368. The van der Waals surface area contributed by atoms with Gasteiger partial charge >= 0.3 is 6.03 Å². The first-order valence-corrected chi connectivity index (χ1v) is 9.05. The number of fused-ring (bicyclic) bond motifs is 1. The number of carbonyl (C=O) groups excluding carboxylic acids is 1. The molecule has 146 valence electrons. The Hall–Kier alpha value is -3.36. The van der Waals surface area contributed by atoms with E-state index in [0.29, 0.717) is 25.5 Å². The van der Waals surface area contributed by atoms with Gasteiger partial charge in [-0.1, -0.05) is 0 Å². The molecule has 3 aromatic rings. The van der Waals surface area contributed by atoms with Crippen molar-refractivity contribution in [3.05, 3.63) is 30.7 Å². The lowest BCUT2D eigenvalue weighted by Crippen LogP contribution is -2.62. The Kier molecular flexibility index (Phi) is 4.29. The van der Waals surface area contributed by atoms with E-state index in [1.807, 2.05) is 32.0 Å². The van der Waals surface area contributed by atoms with E-state index in [1.165, 1.54) is 0 Å². The van der Waals surface area contributed by atoms with Crippen LogP contribution in [0.25, 0.3) is 22.3 Å². The lowest BCUT2D eigenvalue weighted by atomic mass is 9.99. The summed E-state index contributed by atoms with van der Waals surface area (Å²) in [4.78, 5) is 32.0. The maximum atomic E-state index is 11.7. The van der Waals surface area contributed by atoms with Gasteiger partial charge in [-0.3, -0.25) is 0 Å². The van der Waals surface area contributed by atoms with Crippen molar-refractivity contribution in [3.63, 3.8) is 0 Å². The molecule has 0 atom stereocenters. The predicted molar refractivity (Wildman–Crippen MR) is 106 cm³/mol. The van der Waals surface area contributed by atoms with E-state index in [0.717, 1.165) is 28.1 Å². The molecule has 1 fully saturated rings. The monoisotopic (exact) mass is 381 g/mol. The van der Waals surface area contributed by atoms with Crippen LogP contribution in [0.4, 0.5) is 10.6 Å². The lowest BCUT2D eigenvalue weighted by Gasteiger charge is -2.46. The standard InChI is InChI=1S/C19H23N7O2/c1-19(2)10-25(6-7-26(19)18(20)27)17-13-9-14(24-16(13)22-11-23-17)12-4-5-21-15(8-12)28-3/h4-5,8-9,11H,6-7,10H2,1-3H3,(H2,20,27)(H,22,23,24). The molecule has 0 unspecified atom stereocenters. The van der Waals surface area contributed by atoms with Crippen LogP contribution >= 0.6 is 0 Å². The minimum atomic E-state index is -0.395. The first-order chi connectivity index (χ1) is 13.4. The highest BCUT2D eigenvalue weighted by molar-refractivity contribution is 5.92. The van der Waals surface area contributed by atoms with Gasteiger partial charge in [-0.15, -0.1) is 0 Å². The Morgan fingerprint density at radius 1 is 1.25 bits per heavy atom. The highest BCUT2D eigenvalue weighted by atomic mass is 16.5. The second-order valence-corrected chi connectivity index (χ2v) is 7.45. The molecule has 4 rings (SSSR count). The number of anilines is 1. The fourth-order valence-corrected chi connectivity index (χ4v) is 3.77. The van der Waals surface area contributed by atoms with Crippen LogP contribution in [0.3, 0.4) is 0 Å². The Morgan fingerprint density at radius 2 is 2.07 bits per heavy atom. The molecule has 0 bridgehead atoms. The second-order valence-electron chi connectivity index (χ2n) is 7.45. The van der Waals surface area contributed by atoms with Crippen molar-refractivity contribution >= 4 is 22.9 Å². The third-order valence-corrected chi connectivity index (χ3v) is 5.13. The molecule has 9 heteroatoms. The number of ether oxygens (including phenoxy) is 1. The molecule has 0 aromatic carbocycles. The van der Waals surface area contributed by atoms with Gasteiger partial charge in [0.2, 0.25) is 5.88 Å². The predicted octanol–water partition coefficient (Wildman–Crippen LogP) is 2.01. The van der Waals surface area contributed by atoms with Gasteiger partial charge in [0, 0.05) is 43.2 Å². The normalized spacial score (nSPS) is 16.4. The zero-order valence-electron chi connectivity index (χ0n) is 16.1. The third-order valence-electron chi connectivity index (χ3n) is 5.13. The number of primary amides is 1. The molecule has 1 aliphatic rings. The van der Waals surface area contributed by atoms with Gasteiger partial charge in [0.1, 0.15) is 17.8 Å². The van der Waals surface area contributed by atoms with E-state index >= 15 is 0 Å². The molecule has 0 saturated carbocycles. The number of rotatable bonds is 3. The number of aromatic nitrogens is 4. The van der Waals surface area contributed by atoms with Gasteiger partial charge in [-0.2, -0.15) is 0 Å². The van der Waals surface area contributed by atoms with Crippen LogP contribution in [-0.4, -0.2) is 63.1 Å². The average molecular weight is 381 g/mol. The number of aromatic amines is 1. The van der Waals surface area contributed by atoms with E-state index in [1.54, 1.807) is 24.5 Å². The number of methoxy groups -OCH3 is 1. The van der Waals surface area contributed by atoms with Gasteiger partial charge < -0.3 is 25.3 Å². The van der Waals surface area contributed by atoms with Gasteiger partial charge in [-0.25, -0.2) is 19.7 Å². The highest BCUT2D eigenvalue weighted by Gasteiger charge is 2.36. The van der Waals surface area contributed by atoms with E-state index < -0.39 is 6.03 Å². The molecule has 2 amide bonds. The number of pyridine rings is 1. The summed E-state index contributed by atoms with van der Waals surface area (Å²) in [6.45, 7) is 5.85. The maximum Gasteiger partial charge on any atom is 0.315 e. The Balaban J connectivity index is 1.71. The second kappa shape index (κ2) is 6.66. The van der Waals surface area contributed by atoms with Crippen molar-refractivity contribution in [3.8, 4) is 17.1 Å². The van der Waals surface area contributed by atoms with Crippen molar-refractivity contribution in [2.24, 2.45) is 5.73 Å². The van der Waals surface area contributed by atoms with Gasteiger partial charge in [0.15, 0.2) is 0 Å². The molecule has 28 heavy (non-hydrogen) atoms. The molecular formula is C19H23N7O2. The van der Waals surface area contributed by atoms with Crippen molar-refractivity contribution in [2.45, 2.75) is 19.4 Å². The van der Waals surface area contributed by atoms with Crippen LogP contribution in [0.1, 0.15) is 13.8 Å². The number of H-pyrrole nitrogens is 1. The highest BCUT2D eigenvalue weighted by Crippen LogP contribution is 2.32. The number of hydrogen-bond donors (Lipinski definition) is 2. The molecule has 0 radical (unpaired) electrons. The van der Waals surface area contributed by atoms with E-state index in [2.05, 4.69) is 24.8 Å². The molecular weight excluding hydrogens is 358 g/mol. The third kappa shape index (κ3) is 3.08. The molecule has 3 aromatic heterocycles. The van der Waals surface area contributed by atoms with Crippen molar-refractivity contribution in [1.82, 2.24) is 24.8 Å². The summed E-state index contributed by atoms with van der Waals surface area (Å²) in [6, 6.07) is 5.42. The molecule has 3 N–H and O–H groups in total. The number of nitrogens with zero attached hydrogens (tertiary/aromatic N) is 5. The zero-order chi connectivity index (χ0) is 19.9. The van der Waals surface area contributed by atoms with E-state index in [4.69, 9.17) is 10.5 Å². The minimum absolute atomic E-state index is 0.390. The van der Waals surface area contributed by atoms with Crippen LogP contribution < -0.4 is 15.4 Å². The van der Waals surface area contributed by atoms with Crippen molar-refractivity contribution < 1.29 is 9.53 Å². The summed E-state index contributed by atoms with van der Waals surface area (Å²) in [6.07, 6.45) is 3.26. The van der Waals surface area contributed by atoms with Crippen molar-refractivity contribution in [1.29, 1.82) is 0 Å². The largest absolute Gasteiger partial charge is 0.481 e. The first-order valence-electron chi connectivity index (χ1n) is 9.05. The summed E-state index contributed by atoms with van der Waals surface area (Å²) in [5.41, 5.74) is 7.76. The zero-order valence-corrected chi connectivity index (χ0v) is 16.1. The summed E-state index contributed by atoms with van der Waals surface area (Å²) < 4.78 is 5.22. The molecule has 9 nitrogen and oxygen atoms in total. The molecule has 0 aliphatic carbocycles.